The monoisotopic (exact) mass is 325 g/mol. The van der Waals surface area contributed by atoms with Crippen LogP contribution < -0.4 is 5.32 Å². The summed E-state index contributed by atoms with van der Waals surface area (Å²) < 4.78 is 0. The third kappa shape index (κ3) is 3.43. The van der Waals surface area contributed by atoms with Crippen molar-refractivity contribution in [1.82, 2.24) is 10.2 Å². The summed E-state index contributed by atoms with van der Waals surface area (Å²) in [6.45, 7) is 8.08. The molecule has 0 saturated carbocycles. The van der Waals surface area contributed by atoms with Crippen molar-refractivity contribution in [2.24, 2.45) is 4.99 Å². The van der Waals surface area contributed by atoms with Crippen LogP contribution in [0.2, 0.25) is 0 Å². The van der Waals surface area contributed by atoms with Gasteiger partial charge in [-0.1, -0.05) is 55.9 Å². The van der Waals surface area contributed by atoms with E-state index in [1.165, 1.54) is 15.4 Å². The number of nitrogens with one attached hydrogen (secondary N) is 1. The minimum atomic E-state index is 1.01. The second kappa shape index (κ2) is 7.66. The van der Waals surface area contributed by atoms with Crippen LogP contribution in [0.25, 0.3) is 0 Å². The number of para-hydroxylation sites is 1. The van der Waals surface area contributed by atoms with Crippen molar-refractivity contribution >= 4 is 23.3 Å². The molecule has 2 aliphatic rings. The summed E-state index contributed by atoms with van der Waals surface area (Å²) in [6.07, 6.45) is 0. The zero-order valence-corrected chi connectivity index (χ0v) is 14.6. The van der Waals surface area contributed by atoms with Gasteiger partial charge in [-0.2, -0.15) is 0 Å². The molecule has 2 aliphatic heterocycles. The second-order valence-corrected chi connectivity index (χ2v) is 6.32. The number of aliphatic imine (C=N–C) groups is 1. The first-order valence-electron chi connectivity index (χ1n) is 8.32. The number of rotatable bonds is 0. The third-order valence-corrected chi connectivity index (χ3v) is 5.00. The number of piperazine rings is 1. The van der Waals surface area contributed by atoms with Gasteiger partial charge in [-0.15, -0.1) is 0 Å². The number of hydrogen-bond donors (Lipinski definition) is 1. The van der Waals surface area contributed by atoms with E-state index in [1.54, 1.807) is 0 Å². The number of hydrogen-bond acceptors (Lipinski definition) is 4. The molecule has 1 N–H and O–H groups in total. The SMILES string of the molecule is CC.c1ccc2c(c1)N=C(N1CCNCC1)c1ccccc1S2. The van der Waals surface area contributed by atoms with Crippen LogP contribution in [0.4, 0.5) is 5.69 Å². The average Bonchev–Trinajstić information content (AvgIpc) is 2.81. The van der Waals surface area contributed by atoms with E-state index in [9.17, 15) is 0 Å². The lowest BCUT2D eigenvalue weighted by molar-refractivity contribution is 0.358. The zero-order chi connectivity index (χ0) is 16.1. The highest BCUT2D eigenvalue weighted by Gasteiger charge is 2.22. The lowest BCUT2D eigenvalue weighted by atomic mass is 10.1. The third-order valence-electron chi connectivity index (χ3n) is 3.86. The molecule has 1 fully saturated rings. The maximum absolute atomic E-state index is 5.00. The standard InChI is InChI=1S/C17H17N3S.C2H6/c1-3-7-15-13(5-1)17(20-11-9-18-10-12-20)19-14-6-2-4-8-16(14)21-15;1-2/h1-8,18H,9-12H2;1-2H3. The summed E-state index contributed by atoms with van der Waals surface area (Å²) in [4.78, 5) is 9.92. The van der Waals surface area contributed by atoms with Crippen LogP contribution in [-0.2, 0) is 0 Å². The van der Waals surface area contributed by atoms with E-state index in [2.05, 4.69) is 58.7 Å². The minimum Gasteiger partial charge on any atom is -0.354 e. The van der Waals surface area contributed by atoms with E-state index >= 15 is 0 Å². The lowest BCUT2D eigenvalue weighted by Gasteiger charge is -2.30. The highest BCUT2D eigenvalue weighted by molar-refractivity contribution is 7.99. The number of fused-ring (bicyclic) bond motifs is 2. The van der Waals surface area contributed by atoms with Gasteiger partial charge in [0.2, 0.25) is 0 Å². The molecule has 2 heterocycles. The van der Waals surface area contributed by atoms with Crippen molar-refractivity contribution in [2.45, 2.75) is 23.6 Å². The molecule has 120 valence electrons. The van der Waals surface area contributed by atoms with Gasteiger partial charge in [0.25, 0.3) is 0 Å². The number of nitrogens with zero attached hydrogens (tertiary/aromatic N) is 2. The van der Waals surface area contributed by atoms with E-state index in [0.29, 0.717) is 0 Å². The van der Waals surface area contributed by atoms with Crippen LogP contribution in [0.5, 0.6) is 0 Å². The molecule has 4 rings (SSSR count). The van der Waals surface area contributed by atoms with Gasteiger partial charge in [-0.25, -0.2) is 4.99 Å². The van der Waals surface area contributed by atoms with E-state index < -0.39 is 0 Å². The van der Waals surface area contributed by atoms with Crippen LogP contribution in [0.1, 0.15) is 19.4 Å². The topological polar surface area (TPSA) is 27.6 Å². The van der Waals surface area contributed by atoms with Crippen molar-refractivity contribution in [3.8, 4) is 0 Å². The van der Waals surface area contributed by atoms with Crippen LogP contribution in [-0.4, -0.2) is 36.9 Å². The molecule has 0 unspecified atom stereocenters. The molecule has 0 aromatic heterocycles. The van der Waals surface area contributed by atoms with Gasteiger partial charge in [0.15, 0.2) is 0 Å². The van der Waals surface area contributed by atoms with Crippen molar-refractivity contribution in [3.05, 3.63) is 54.1 Å². The van der Waals surface area contributed by atoms with Crippen LogP contribution in [0.3, 0.4) is 0 Å². The Balaban J connectivity index is 0.000000753. The van der Waals surface area contributed by atoms with E-state index in [1.807, 2.05) is 25.6 Å². The fourth-order valence-electron chi connectivity index (χ4n) is 2.79. The quantitative estimate of drug-likeness (QED) is 0.788. The molecule has 0 spiro atoms. The summed E-state index contributed by atoms with van der Waals surface area (Å²) in [7, 11) is 0. The molecule has 0 bridgehead atoms. The molecule has 2 aromatic rings. The maximum atomic E-state index is 5.00. The van der Waals surface area contributed by atoms with Crippen molar-refractivity contribution in [2.75, 3.05) is 26.2 Å². The first-order valence-corrected chi connectivity index (χ1v) is 9.14. The van der Waals surface area contributed by atoms with Crippen LogP contribution in [0.15, 0.2) is 63.3 Å². The Labute approximate surface area is 142 Å². The van der Waals surface area contributed by atoms with Crippen LogP contribution >= 0.6 is 11.8 Å². The Hall–Kier alpha value is -1.78. The molecule has 0 radical (unpaired) electrons. The van der Waals surface area contributed by atoms with Gasteiger partial charge in [0.05, 0.1) is 5.69 Å². The fourth-order valence-corrected chi connectivity index (χ4v) is 3.80. The Kier molecular flexibility index (Phi) is 5.36. The fraction of sp³-hybridized carbons (Fsp3) is 0.316. The molecule has 1 saturated heterocycles. The predicted molar refractivity (Wildman–Crippen MR) is 99.0 cm³/mol. The Bertz CT molecular complexity index is 691. The summed E-state index contributed by atoms with van der Waals surface area (Å²) in [5.74, 6) is 1.12. The molecule has 0 atom stereocenters. The van der Waals surface area contributed by atoms with Gasteiger partial charge in [-0.05, 0) is 18.2 Å². The van der Waals surface area contributed by atoms with Crippen molar-refractivity contribution in [1.29, 1.82) is 0 Å². The first kappa shape index (κ1) is 16.1. The number of amidine groups is 1. The van der Waals surface area contributed by atoms with Gasteiger partial charge in [0.1, 0.15) is 5.84 Å². The highest BCUT2D eigenvalue weighted by atomic mass is 32.2. The smallest absolute Gasteiger partial charge is 0.137 e. The Morgan fingerprint density at radius 3 is 2.35 bits per heavy atom. The summed E-state index contributed by atoms with van der Waals surface area (Å²) >= 11 is 1.81. The normalized spacial score (nSPS) is 16.3. The molecule has 0 amide bonds. The first-order chi connectivity index (χ1) is 11.4. The van der Waals surface area contributed by atoms with Gasteiger partial charge in [0, 0.05) is 41.5 Å². The summed E-state index contributed by atoms with van der Waals surface area (Å²) in [6, 6.07) is 17.0. The largest absolute Gasteiger partial charge is 0.354 e. The Morgan fingerprint density at radius 2 is 1.57 bits per heavy atom. The predicted octanol–water partition coefficient (Wildman–Crippen LogP) is 4.16. The molecule has 3 nitrogen and oxygen atoms in total. The van der Waals surface area contributed by atoms with E-state index in [-0.39, 0.29) is 0 Å². The van der Waals surface area contributed by atoms with Crippen LogP contribution in [0, 0.1) is 0 Å². The average molecular weight is 325 g/mol. The molecule has 0 aliphatic carbocycles. The second-order valence-electron chi connectivity index (χ2n) is 5.24. The van der Waals surface area contributed by atoms with E-state index in [0.717, 1.165) is 37.7 Å². The Morgan fingerprint density at radius 1 is 0.913 bits per heavy atom. The van der Waals surface area contributed by atoms with E-state index in [4.69, 9.17) is 4.99 Å². The van der Waals surface area contributed by atoms with Gasteiger partial charge in [-0.3, -0.25) is 0 Å². The lowest BCUT2D eigenvalue weighted by Crippen LogP contribution is -2.46. The van der Waals surface area contributed by atoms with Crippen molar-refractivity contribution < 1.29 is 0 Å². The summed E-state index contributed by atoms with van der Waals surface area (Å²) in [5.41, 5.74) is 2.33. The molecular formula is C19H23N3S. The van der Waals surface area contributed by atoms with Crippen molar-refractivity contribution in [3.63, 3.8) is 0 Å². The molecule has 4 heteroatoms. The molecule has 2 aromatic carbocycles. The highest BCUT2D eigenvalue weighted by Crippen LogP contribution is 2.40. The van der Waals surface area contributed by atoms with Gasteiger partial charge < -0.3 is 10.2 Å². The zero-order valence-electron chi connectivity index (χ0n) is 13.7. The number of benzene rings is 2. The maximum Gasteiger partial charge on any atom is 0.137 e. The minimum absolute atomic E-state index is 1.01. The van der Waals surface area contributed by atoms with Gasteiger partial charge >= 0.3 is 0 Å². The molecule has 23 heavy (non-hydrogen) atoms. The molecular weight excluding hydrogens is 302 g/mol. The summed E-state index contributed by atoms with van der Waals surface area (Å²) in [5, 5.41) is 3.41.